The number of para-hydroxylation sites is 1. The topological polar surface area (TPSA) is 43.2 Å². The molecule has 1 unspecified atom stereocenters. The Morgan fingerprint density at radius 3 is 2.40 bits per heavy atom. The number of amides is 1. The molecule has 0 bridgehead atoms. The zero-order chi connectivity index (χ0) is 18.4. The van der Waals surface area contributed by atoms with Gasteiger partial charge < -0.3 is 19.3 Å². The van der Waals surface area contributed by atoms with E-state index in [2.05, 4.69) is 0 Å². The van der Waals surface area contributed by atoms with Crippen molar-refractivity contribution in [2.24, 2.45) is 0 Å². The molecule has 5 heteroatoms. The third-order valence-electron chi connectivity index (χ3n) is 4.55. The fourth-order valence-corrected chi connectivity index (χ4v) is 2.73. The Hall–Kier alpha value is -2.53. The average Bonchev–Trinajstić information content (AvgIpc) is 2.67. The number of hydrogen-bond donors (Lipinski definition) is 1. The zero-order valence-corrected chi connectivity index (χ0v) is 15.6. The van der Waals surface area contributed by atoms with Crippen molar-refractivity contribution in [3.05, 3.63) is 54.1 Å². The molecule has 0 saturated heterocycles. The molecule has 2 aromatic carbocycles. The molecule has 0 aromatic heterocycles. The minimum absolute atomic E-state index is 0.0798. The van der Waals surface area contributed by atoms with E-state index in [9.17, 15) is 4.79 Å². The van der Waals surface area contributed by atoms with Crippen molar-refractivity contribution in [3.63, 3.8) is 0 Å². The molecule has 2 atom stereocenters. The van der Waals surface area contributed by atoms with E-state index in [0.717, 1.165) is 27.6 Å². The lowest BCUT2D eigenvalue weighted by molar-refractivity contribution is -0.908. The van der Waals surface area contributed by atoms with Crippen LogP contribution in [-0.2, 0) is 11.3 Å². The summed E-state index contributed by atoms with van der Waals surface area (Å²) in [5, 5.41) is 0. The summed E-state index contributed by atoms with van der Waals surface area (Å²) in [6, 6.07) is 15.3. The summed E-state index contributed by atoms with van der Waals surface area (Å²) in [4.78, 5) is 15.6. The number of nitrogens with zero attached hydrogens (tertiary/aromatic N) is 1. The molecule has 0 heterocycles. The number of rotatable bonds is 7. The van der Waals surface area contributed by atoms with Gasteiger partial charge in [0.15, 0.2) is 6.04 Å². The largest absolute Gasteiger partial charge is 0.497 e. The highest BCUT2D eigenvalue weighted by Gasteiger charge is 2.26. The number of hydrogen-bond acceptors (Lipinski definition) is 3. The summed E-state index contributed by atoms with van der Waals surface area (Å²) < 4.78 is 10.7. The monoisotopic (exact) mass is 343 g/mol. The Bertz CT molecular complexity index is 703. The van der Waals surface area contributed by atoms with Crippen LogP contribution < -0.4 is 19.3 Å². The molecule has 0 aliphatic carbocycles. The van der Waals surface area contributed by atoms with Crippen LogP contribution in [0.15, 0.2) is 48.5 Å². The van der Waals surface area contributed by atoms with Crippen molar-refractivity contribution in [2.75, 3.05) is 33.2 Å². The van der Waals surface area contributed by atoms with Crippen LogP contribution in [0.5, 0.6) is 11.5 Å². The van der Waals surface area contributed by atoms with Crippen molar-refractivity contribution < 1.29 is 19.2 Å². The zero-order valence-electron chi connectivity index (χ0n) is 15.6. The third kappa shape index (κ3) is 4.51. The van der Waals surface area contributed by atoms with Gasteiger partial charge in [-0.15, -0.1) is 0 Å². The van der Waals surface area contributed by atoms with Gasteiger partial charge in [0.1, 0.15) is 18.0 Å². The second-order valence-electron chi connectivity index (χ2n) is 6.16. The van der Waals surface area contributed by atoms with E-state index in [1.807, 2.05) is 69.6 Å². The Morgan fingerprint density at radius 2 is 1.80 bits per heavy atom. The maximum absolute atomic E-state index is 12.8. The third-order valence-corrected chi connectivity index (χ3v) is 4.55. The molecule has 0 radical (unpaired) electrons. The second kappa shape index (κ2) is 8.53. The average molecular weight is 343 g/mol. The molecule has 2 rings (SSSR count). The van der Waals surface area contributed by atoms with E-state index in [1.165, 1.54) is 0 Å². The van der Waals surface area contributed by atoms with Gasteiger partial charge in [-0.1, -0.05) is 18.2 Å². The van der Waals surface area contributed by atoms with Crippen molar-refractivity contribution in [3.8, 4) is 11.5 Å². The van der Waals surface area contributed by atoms with Gasteiger partial charge in [0.05, 0.1) is 21.3 Å². The highest BCUT2D eigenvalue weighted by molar-refractivity contribution is 5.95. The molecule has 0 aliphatic heterocycles. The van der Waals surface area contributed by atoms with Gasteiger partial charge >= 0.3 is 0 Å². The van der Waals surface area contributed by atoms with Crippen LogP contribution in [0.25, 0.3) is 0 Å². The van der Waals surface area contributed by atoms with Crippen LogP contribution in [0, 0.1) is 0 Å². The maximum atomic E-state index is 12.8. The molecule has 134 valence electrons. The minimum Gasteiger partial charge on any atom is -0.497 e. The first-order valence-electron chi connectivity index (χ1n) is 8.33. The van der Waals surface area contributed by atoms with Gasteiger partial charge in [0.2, 0.25) is 0 Å². The lowest BCUT2D eigenvalue weighted by atomic mass is 10.1. The molecular weight excluding hydrogens is 316 g/mol. The fourth-order valence-electron chi connectivity index (χ4n) is 2.73. The number of benzene rings is 2. The number of quaternary nitrogens is 1. The summed E-state index contributed by atoms with van der Waals surface area (Å²) in [5.74, 6) is 1.61. The lowest BCUT2D eigenvalue weighted by Crippen LogP contribution is -3.12. The van der Waals surface area contributed by atoms with Gasteiger partial charge in [-0.2, -0.15) is 0 Å². The minimum atomic E-state index is -0.183. The Balaban J connectivity index is 2.09. The standard InChI is InChI=1S/C20H26N2O3/c1-15(20(23)22(3)17-9-7-6-8-10-17)21(2)14-16-11-12-18(24-4)13-19(16)25-5/h6-13,15H,14H2,1-5H3/p+1/t15-/m0/s1. The lowest BCUT2D eigenvalue weighted by Gasteiger charge is -2.26. The van der Waals surface area contributed by atoms with Crippen molar-refractivity contribution in [1.29, 1.82) is 0 Å². The van der Waals surface area contributed by atoms with Crippen LogP contribution in [0.4, 0.5) is 5.69 Å². The van der Waals surface area contributed by atoms with E-state index < -0.39 is 0 Å². The summed E-state index contributed by atoms with van der Waals surface area (Å²) in [6.07, 6.45) is 0. The summed E-state index contributed by atoms with van der Waals surface area (Å²) in [6.45, 7) is 2.63. The quantitative estimate of drug-likeness (QED) is 0.833. The van der Waals surface area contributed by atoms with E-state index in [4.69, 9.17) is 9.47 Å². The molecule has 0 aliphatic rings. The highest BCUT2D eigenvalue weighted by Crippen LogP contribution is 2.23. The first-order chi connectivity index (χ1) is 12.0. The molecule has 0 saturated carbocycles. The number of methoxy groups -OCH3 is 2. The predicted octanol–water partition coefficient (Wildman–Crippen LogP) is 1.77. The van der Waals surface area contributed by atoms with Gasteiger partial charge in [0, 0.05) is 24.4 Å². The smallest absolute Gasteiger partial charge is 0.284 e. The Labute approximate surface area is 149 Å². The van der Waals surface area contributed by atoms with Crippen LogP contribution in [0.2, 0.25) is 0 Å². The van der Waals surface area contributed by atoms with E-state index >= 15 is 0 Å². The van der Waals surface area contributed by atoms with Gasteiger partial charge in [0.25, 0.3) is 5.91 Å². The first kappa shape index (κ1) is 18.8. The van der Waals surface area contributed by atoms with Crippen molar-refractivity contribution in [2.45, 2.75) is 19.5 Å². The number of carbonyl (C=O) groups is 1. The fraction of sp³-hybridized carbons (Fsp3) is 0.350. The van der Waals surface area contributed by atoms with Crippen LogP contribution in [0.1, 0.15) is 12.5 Å². The van der Waals surface area contributed by atoms with Gasteiger partial charge in [-0.3, -0.25) is 4.79 Å². The van der Waals surface area contributed by atoms with Gasteiger partial charge in [-0.05, 0) is 31.2 Å². The van der Waals surface area contributed by atoms with E-state index in [-0.39, 0.29) is 11.9 Å². The summed E-state index contributed by atoms with van der Waals surface area (Å²) in [5.41, 5.74) is 1.94. The van der Waals surface area contributed by atoms with E-state index in [1.54, 1.807) is 19.1 Å². The Kier molecular flexibility index (Phi) is 6.42. The Morgan fingerprint density at radius 1 is 1.12 bits per heavy atom. The molecular formula is C20H27N2O3+. The van der Waals surface area contributed by atoms with E-state index in [0.29, 0.717) is 6.54 Å². The van der Waals surface area contributed by atoms with Crippen LogP contribution in [-0.4, -0.2) is 40.3 Å². The number of nitrogens with one attached hydrogen (secondary N) is 1. The van der Waals surface area contributed by atoms with Crippen LogP contribution in [0.3, 0.4) is 0 Å². The maximum Gasteiger partial charge on any atom is 0.284 e. The summed E-state index contributed by atoms with van der Waals surface area (Å²) in [7, 11) is 7.11. The van der Waals surface area contributed by atoms with Crippen molar-refractivity contribution >= 4 is 11.6 Å². The molecule has 0 spiro atoms. The molecule has 0 fully saturated rings. The highest BCUT2D eigenvalue weighted by atomic mass is 16.5. The normalized spacial score (nSPS) is 13.0. The number of ether oxygens (including phenoxy) is 2. The van der Waals surface area contributed by atoms with Crippen molar-refractivity contribution in [1.82, 2.24) is 0 Å². The SMILES string of the molecule is COc1ccc(C[NH+](C)[C@@H](C)C(=O)N(C)c2ccccc2)c(OC)c1. The molecule has 5 nitrogen and oxygen atoms in total. The second-order valence-corrected chi connectivity index (χ2v) is 6.16. The summed E-state index contributed by atoms with van der Waals surface area (Å²) >= 11 is 0. The van der Waals surface area contributed by atoms with Crippen LogP contribution >= 0.6 is 0 Å². The predicted molar refractivity (Wildman–Crippen MR) is 99.5 cm³/mol. The number of likely N-dealkylation sites (N-methyl/N-ethyl adjacent to an activating group) is 2. The molecule has 1 amide bonds. The number of anilines is 1. The first-order valence-corrected chi connectivity index (χ1v) is 8.33. The molecule has 1 N–H and O–H groups in total. The molecule has 25 heavy (non-hydrogen) atoms. The number of carbonyl (C=O) groups excluding carboxylic acids is 1. The molecule has 2 aromatic rings. The van der Waals surface area contributed by atoms with Gasteiger partial charge in [-0.25, -0.2) is 0 Å².